The number of esters is 1. The molecule has 0 N–H and O–H groups in total. The Morgan fingerprint density at radius 2 is 1.77 bits per heavy atom. The number of benzene rings is 2. The first kappa shape index (κ1) is 24.1. The SMILES string of the molecule is CCOC(=O)c1ncccc1-n1c(C)ccc1-c1cc(C(F)(F)F)ccc1OCc1ccccc1. The zero-order valence-corrected chi connectivity index (χ0v) is 19.2. The summed E-state index contributed by atoms with van der Waals surface area (Å²) in [6, 6.07) is 19.5. The fourth-order valence-electron chi connectivity index (χ4n) is 3.77. The number of carbonyl (C=O) groups is 1. The van der Waals surface area contributed by atoms with Crippen LogP contribution >= 0.6 is 0 Å². The topological polar surface area (TPSA) is 53.3 Å². The summed E-state index contributed by atoms with van der Waals surface area (Å²) in [6.07, 6.45) is -3.07. The third kappa shape index (κ3) is 5.21. The van der Waals surface area contributed by atoms with Crippen LogP contribution in [0.3, 0.4) is 0 Å². The molecule has 4 rings (SSSR count). The number of hydrogen-bond acceptors (Lipinski definition) is 4. The van der Waals surface area contributed by atoms with Crippen molar-refractivity contribution in [2.24, 2.45) is 0 Å². The van der Waals surface area contributed by atoms with Crippen LogP contribution in [-0.4, -0.2) is 22.1 Å². The van der Waals surface area contributed by atoms with Crippen LogP contribution in [0, 0.1) is 6.92 Å². The maximum absolute atomic E-state index is 13.6. The van der Waals surface area contributed by atoms with Crippen molar-refractivity contribution in [1.29, 1.82) is 0 Å². The predicted octanol–water partition coefficient (Wildman–Crippen LogP) is 6.62. The second-order valence-corrected chi connectivity index (χ2v) is 7.77. The number of hydrogen-bond donors (Lipinski definition) is 0. The predicted molar refractivity (Wildman–Crippen MR) is 125 cm³/mol. The number of alkyl halides is 3. The number of rotatable bonds is 7. The number of halogens is 3. The van der Waals surface area contributed by atoms with Gasteiger partial charge in [-0.1, -0.05) is 30.3 Å². The Kier molecular flexibility index (Phi) is 6.91. The van der Waals surface area contributed by atoms with Crippen LogP contribution in [0.5, 0.6) is 5.75 Å². The van der Waals surface area contributed by atoms with Gasteiger partial charge in [0.05, 0.1) is 23.6 Å². The molecule has 0 radical (unpaired) electrons. The summed E-state index contributed by atoms with van der Waals surface area (Å²) in [7, 11) is 0. The van der Waals surface area contributed by atoms with Gasteiger partial charge in [-0.25, -0.2) is 9.78 Å². The second kappa shape index (κ2) is 10.0. The third-order valence-corrected chi connectivity index (χ3v) is 5.39. The van der Waals surface area contributed by atoms with Gasteiger partial charge in [0, 0.05) is 17.5 Å². The van der Waals surface area contributed by atoms with E-state index in [0.717, 1.165) is 17.7 Å². The minimum absolute atomic E-state index is 0.0635. The summed E-state index contributed by atoms with van der Waals surface area (Å²) in [5, 5.41) is 0. The summed E-state index contributed by atoms with van der Waals surface area (Å²) in [4.78, 5) is 16.7. The van der Waals surface area contributed by atoms with E-state index in [1.54, 1.807) is 42.7 Å². The molecular weight excluding hydrogens is 457 g/mol. The lowest BCUT2D eigenvalue weighted by Gasteiger charge is -2.18. The van der Waals surface area contributed by atoms with E-state index in [0.29, 0.717) is 17.1 Å². The van der Waals surface area contributed by atoms with Crippen LogP contribution in [0.4, 0.5) is 13.2 Å². The standard InChI is InChI=1S/C27H23F3N2O3/c1-3-34-26(33)25-23(10-7-15-31-25)32-18(2)11-13-22(32)21-16-20(27(28,29)30)12-14-24(21)35-17-19-8-5-4-6-9-19/h4-16H,3,17H2,1-2H3. The van der Waals surface area contributed by atoms with Gasteiger partial charge in [0.15, 0.2) is 5.69 Å². The van der Waals surface area contributed by atoms with Crippen molar-refractivity contribution < 1.29 is 27.4 Å². The number of carbonyl (C=O) groups excluding carboxylic acids is 1. The van der Waals surface area contributed by atoms with Gasteiger partial charge in [0.2, 0.25) is 0 Å². The van der Waals surface area contributed by atoms with E-state index in [9.17, 15) is 18.0 Å². The lowest BCUT2D eigenvalue weighted by atomic mass is 10.1. The van der Waals surface area contributed by atoms with E-state index in [-0.39, 0.29) is 30.2 Å². The zero-order chi connectivity index (χ0) is 25.0. The highest BCUT2D eigenvalue weighted by Gasteiger charge is 2.32. The zero-order valence-electron chi connectivity index (χ0n) is 19.2. The number of aryl methyl sites for hydroxylation is 1. The van der Waals surface area contributed by atoms with E-state index in [1.165, 1.54) is 12.3 Å². The molecule has 35 heavy (non-hydrogen) atoms. The Labute approximate surface area is 200 Å². The molecule has 180 valence electrons. The molecule has 5 nitrogen and oxygen atoms in total. The molecule has 2 heterocycles. The summed E-state index contributed by atoms with van der Waals surface area (Å²) in [5.41, 5.74) is 1.90. The molecule has 0 amide bonds. The molecule has 2 aromatic carbocycles. The van der Waals surface area contributed by atoms with Crippen LogP contribution in [0.2, 0.25) is 0 Å². The molecule has 0 bridgehead atoms. The van der Waals surface area contributed by atoms with Crippen LogP contribution in [0.25, 0.3) is 16.9 Å². The molecule has 0 aliphatic carbocycles. The van der Waals surface area contributed by atoms with Crippen molar-refractivity contribution in [3.63, 3.8) is 0 Å². The Morgan fingerprint density at radius 3 is 2.49 bits per heavy atom. The smallest absolute Gasteiger partial charge is 0.416 e. The van der Waals surface area contributed by atoms with Gasteiger partial charge in [-0.05, 0) is 61.9 Å². The summed E-state index contributed by atoms with van der Waals surface area (Å²) >= 11 is 0. The number of ether oxygens (including phenoxy) is 2. The minimum atomic E-state index is -4.54. The Morgan fingerprint density at radius 1 is 1.00 bits per heavy atom. The van der Waals surface area contributed by atoms with Crippen LogP contribution in [0.15, 0.2) is 79.0 Å². The Balaban J connectivity index is 1.86. The van der Waals surface area contributed by atoms with Crippen molar-refractivity contribution in [1.82, 2.24) is 9.55 Å². The first-order valence-electron chi connectivity index (χ1n) is 11.0. The highest BCUT2D eigenvalue weighted by Crippen LogP contribution is 2.39. The summed E-state index contributed by atoms with van der Waals surface area (Å²) < 4.78 is 53.7. The molecule has 4 aromatic rings. The van der Waals surface area contributed by atoms with E-state index < -0.39 is 17.7 Å². The fourth-order valence-corrected chi connectivity index (χ4v) is 3.77. The first-order valence-corrected chi connectivity index (χ1v) is 11.0. The van der Waals surface area contributed by atoms with Crippen LogP contribution in [0.1, 0.15) is 34.2 Å². The van der Waals surface area contributed by atoms with Crippen LogP contribution in [-0.2, 0) is 17.5 Å². The van der Waals surface area contributed by atoms with E-state index in [2.05, 4.69) is 4.98 Å². The summed E-state index contributed by atoms with van der Waals surface area (Å²) in [5.74, 6) is -0.338. The quantitative estimate of drug-likeness (QED) is 0.279. The number of aromatic nitrogens is 2. The van der Waals surface area contributed by atoms with Gasteiger partial charge >= 0.3 is 12.1 Å². The van der Waals surface area contributed by atoms with Crippen molar-refractivity contribution in [3.05, 3.63) is 102 Å². The molecule has 0 unspecified atom stereocenters. The lowest BCUT2D eigenvalue weighted by molar-refractivity contribution is -0.137. The van der Waals surface area contributed by atoms with Gasteiger partial charge in [-0.2, -0.15) is 13.2 Å². The van der Waals surface area contributed by atoms with Crippen molar-refractivity contribution in [2.45, 2.75) is 26.6 Å². The second-order valence-electron chi connectivity index (χ2n) is 7.77. The van der Waals surface area contributed by atoms with Crippen molar-refractivity contribution in [3.8, 4) is 22.7 Å². The lowest BCUT2D eigenvalue weighted by Crippen LogP contribution is -2.13. The average Bonchev–Trinajstić information content (AvgIpc) is 3.23. The Bertz CT molecular complexity index is 1330. The molecular formula is C27H23F3N2O3. The van der Waals surface area contributed by atoms with Gasteiger partial charge in [-0.15, -0.1) is 0 Å². The maximum Gasteiger partial charge on any atom is 0.416 e. The molecule has 0 saturated heterocycles. The van der Waals surface area contributed by atoms with Gasteiger partial charge < -0.3 is 14.0 Å². The molecule has 0 aliphatic heterocycles. The average molecular weight is 480 g/mol. The first-order chi connectivity index (χ1) is 16.8. The Hall–Kier alpha value is -4.07. The van der Waals surface area contributed by atoms with E-state index in [1.807, 2.05) is 30.3 Å². The fraction of sp³-hybridized carbons (Fsp3) is 0.185. The molecule has 0 spiro atoms. The molecule has 0 saturated carbocycles. The van der Waals surface area contributed by atoms with Crippen molar-refractivity contribution >= 4 is 5.97 Å². The molecule has 0 aliphatic rings. The normalized spacial score (nSPS) is 11.3. The van der Waals surface area contributed by atoms with E-state index in [4.69, 9.17) is 9.47 Å². The van der Waals surface area contributed by atoms with Crippen LogP contribution < -0.4 is 4.74 Å². The third-order valence-electron chi connectivity index (χ3n) is 5.39. The highest BCUT2D eigenvalue weighted by molar-refractivity contribution is 5.92. The van der Waals surface area contributed by atoms with Gasteiger partial charge in [0.1, 0.15) is 12.4 Å². The largest absolute Gasteiger partial charge is 0.488 e. The van der Waals surface area contributed by atoms with Crippen molar-refractivity contribution in [2.75, 3.05) is 6.61 Å². The van der Waals surface area contributed by atoms with E-state index >= 15 is 0 Å². The molecule has 0 fully saturated rings. The molecule has 2 aromatic heterocycles. The number of pyridine rings is 1. The molecule has 8 heteroatoms. The monoisotopic (exact) mass is 480 g/mol. The summed E-state index contributed by atoms with van der Waals surface area (Å²) in [6.45, 7) is 3.83. The molecule has 0 atom stereocenters. The van der Waals surface area contributed by atoms with Gasteiger partial charge in [-0.3, -0.25) is 0 Å². The maximum atomic E-state index is 13.6. The van der Waals surface area contributed by atoms with Gasteiger partial charge in [0.25, 0.3) is 0 Å². The minimum Gasteiger partial charge on any atom is -0.488 e. The highest BCUT2D eigenvalue weighted by atomic mass is 19.4. The number of nitrogens with zero attached hydrogens (tertiary/aromatic N) is 2.